The summed E-state index contributed by atoms with van der Waals surface area (Å²) >= 11 is 1.89. The largest absolute Gasteiger partial charge is 0.326 e. The van der Waals surface area contributed by atoms with Gasteiger partial charge in [0.2, 0.25) is 0 Å². The van der Waals surface area contributed by atoms with Crippen LogP contribution in [0.4, 0.5) is 0 Å². The molecule has 1 saturated heterocycles. The van der Waals surface area contributed by atoms with Gasteiger partial charge in [-0.2, -0.15) is 0 Å². The number of hydrogen-bond acceptors (Lipinski definition) is 3. The second-order valence-corrected chi connectivity index (χ2v) is 4.76. The molecule has 0 aliphatic carbocycles. The maximum absolute atomic E-state index is 5.84. The van der Waals surface area contributed by atoms with E-state index in [1.165, 1.54) is 5.56 Å². The van der Waals surface area contributed by atoms with Crippen molar-refractivity contribution in [2.45, 2.75) is 18.2 Å². The number of rotatable bonds is 3. The normalized spacial score (nSPS) is 22.8. The lowest BCUT2D eigenvalue weighted by Crippen LogP contribution is -2.22. The molecule has 2 rings (SSSR count). The zero-order chi connectivity index (χ0) is 9.80. The Kier molecular flexibility index (Phi) is 3.45. The van der Waals surface area contributed by atoms with Crippen molar-refractivity contribution in [2.75, 3.05) is 13.1 Å². The fraction of sp³-hybridized carbons (Fsp3) is 0.455. The Bertz CT molecular complexity index is 276. The van der Waals surface area contributed by atoms with E-state index in [-0.39, 0.29) is 0 Å². The molecule has 14 heavy (non-hydrogen) atoms. The van der Waals surface area contributed by atoms with Crippen molar-refractivity contribution < 1.29 is 0 Å². The Morgan fingerprint density at radius 3 is 2.79 bits per heavy atom. The molecular weight excluding hydrogens is 192 g/mol. The predicted molar refractivity (Wildman–Crippen MR) is 61.9 cm³/mol. The van der Waals surface area contributed by atoms with Crippen LogP contribution < -0.4 is 5.73 Å². The SMILES string of the molecule is NC1CCN(SCc2ccccc2)C1. The highest BCUT2D eigenvalue weighted by atomic mass is 32.2. The third-order valence-corrected chi connectivity index (χ3v) is 3.60. The van der Waals surface area contributed by atoms with E-state index < -0.39 is 0 Å². The van der Waals surface area contributed by atoms with Crippen LogP contribution in [0.3, 0.4) is 0 Å². The highest BCUT2D eigenvalue weighted by Gasteiger charge is 2.18. The first-order chi connectivity index (χ1) is 6.84. The maximum atomic E-state index is 5.84. The summed E-state index contributed by atoms with van der Waals surface area (Å²) in [4.78, 5) is 0. The second-order valence-electron chi connectivity index (χ2n) is 3.70. The second kappa shape index (κ2) is 4.82. The minimum atomic E-state index is 0.387. The molecule has 76 valence electrons. The van der Waals surface area contributed by atoms with E-state index in [9.17, 15) is 0 Å². The van der Waals surface area contributed by atoms with Gasteiger partial charge in [-0.25, -0.2) is 4.31 Å². The lowest BCUT2D eigenvalue weighted by molar-refractivity contribution is 0.572. The Hall–Kier alpha value is -0.510. The molecule has 1 atom stereocenters. The third kappa shape index (κ3) is 2.74. The maximum Gasteiger partial charge on any atom is 0.0332 e. The predicted octanol–water partition coefficient (Wildman–Crippen LogP) is 1.87. The molecule has 1 heterocycles. The summed E-state index contributed by atoms with van der Waals surface area (Å²) in [5, 5.41) is 0. The van der Waals surface area contributed by atoms with E-state index in [1.54, 1.807) is 0 Å². The topological polar surface area (TPSA) is 29.3 Å². The standard InChI is InChI=1S/C11H16N2S/c12-11-6-7-13(8-11)14-9-10-4-2-1-3-5-10/h1-5,11H,6-9,12H2. The van der Waals surface area contributed by atoms with Gasteiger partial charge in [0.15, 0.2) is 0 Å². The van der Waals surface area contributed by atoms with E-state index in [0.717, 1.165) is 25.3 Å². The van der Waals surface area contributed by atoms with Crippen molar-refractivity contribution in [1.29, 1.82) is 0 Å². The molecule has 1 aromatic carbocycles. The first-order valence-electron chi connectivity index (χ1n) is 5.02. The Labute approximate surface area is 89.6 Å². The van der Waals surface area contributed by atoms with Gasteiger partial charge in [0, 0.05) is 24.9 Å². The van der Waals surface area contributed by atoms with Crippen LogP contribution in [-0.4, -0.2) is 23.4 Å². The molecule has 0 saturated carbocycles. The van der Waals surface area contributed by atoms with Crippen molar-refractivity contribution in [3.05, 3.63) is 35.9 Å². The quantitative estimate of drug-likeness (QED) is 0.769. The monoisotopic (exact) mass is 208 g/mol. The molecule has 3 heteroatoms. The van der Waals surface area contributed by atoms with Gasteiger partial charge >= 0.3 is 0 Å². The molecule has 1 fully saturated rings. The summed E-state index contributed by atoms with van der Waals surface area (Å²) < 4.78 is 2.37. The minimum Gasteiger partial charge on any atom is -0.326 e. The van der Waals surface area contributed by atoms with E-state index in [2.05, 4.69) is 34.6 Å². The number of nitrogens with zero attached hydrogens (tertiary/aromatic N) is 1. The average Bonchev–Trinajstić information content (AvgIpc) is 2.63. The summed E-state index contributed by atoms with van der Waals surface area (Å²) in [6, 6.07) is 11.0. The summed E-state index contributed by atoms with van der Waals surface area (Å²) in [6.07, 6.45) is 1.14. The van der Waals surface area contributed by atoms with Crippen LogP contribution in [0.5, 0.6) is 0 Å². The van der Waals surface area contributed by atoms with Gasteiger partial charge in [0.1, 0.15) is 0 Å². The third-order valence-electron chi connectivity index (χ3n) is 2.44. The first kappa shape index (κ1) is 10.0. The first-order valence-corrected chi connectivity index (χ1v) is 5.96. The summed E-state index contributed by atoms with van der Waals surface area (Å²) in [5.74, 6) is 1.06. The minimum absolute atomic E-state index is 0.387. The highest BCUT2D eigenvalue weighted by molar-refractivity contribution is 7.96. The van der Waals surface area contributed by atoms with Crippen LogP contribution in [0.15, 0.2) is 30.3 Å². The molecule has 1 aliphatic heterocycles. The fourth-order valence-corrected chi connectivity index (χ4v) is 2.67. The van der Waals surface area contributed by atoms with Crippen LogP contribution in [0, 0.1) is 0 Å². The summed E-state index contributed by atoms with van der Waals surface area (Å²) in [5.41, 5.74) is 7.23. The van der Waals surface area contributed by atoms with Crippen LogP contribution in [0.2, 0.25) is 0 Å². The molecule has 0 bridgehead atoms. The van der Waals surface area contributed by atoms with Crippen LogP contribution in [-0.2, 0) is 5.75 Å². The van der Waals surface area contributed by atoms with Crippen molar-refractivity contribution in [3.63, 3.8) is 0 Å². The fourth-order valence-electron chi connectivity index (χ4n) is 1.61. The molecule has 0 amide bonds. The van der Waals surface area contributed by atoms with Crippen LogP contribution >= 0.6 is 11.9 Å². The molecule has 2 nitrogen and oxygen atoms in total. The zero-order valence-corrected chi connectivity index (χ0v) is 9.04. The van der Waals surface area contributed by atoms with Gasteiger partial charge in [0.05, 0.1) is 0 Å². The molecule has 1 unspecified atom stereocenters. The van der Waals surface area contributed by atoms with Gasteiger partial charge in [-0.05, 0) is 12.0 Å². The van der Waals surface area contributed by atoms with E-state index in [4.69, 9.17) is 5.73 Å². The molecule has 1 aliphatic rings. The van der Waals surface area contributed by atoms with Gasteiger partial charge < -0.3 is 5.73 Å². The lowest BCUT2D eigenvalue weighted by Gasteiger charge is -2.13. The molecule has 0 radical (unpaired) electrons. The molecule has 1 aromatic rings. The van der Waals surface area contributed by atoms with Crippen molar-refractivity contribution in [2.24, 2.45) is 5.73 Å². The van der Waals surface area contributed by atoms with Crippen molar-refractivity contribution >= 4 is 11.9 Å². The Morgan fingerprint density at radius 2 is 2.14 bits per heavy atom. The number of nitrogens with two attached hydrogens (primary N) is 1. The van der Waals surface area contributed by atoms with Gasteiger partial charge in [-0.3, -0.25) is 0 Å². The van der Waals surface area contributed by atoms with Crippen LogP contribution in [0.1, 0.15) is 12.0 Å². The summed E-state index contributed by atoms with van der Waals surface area (Å²) in [7, 11) is 0. The summed E-state index contributed by atoms with van der Waals surface area (Å²) in [6.45, 7) is 2.18. The van der Waals surface area contributed by atoms with Gasteiger partial charge in [-0.1, -0.05) is 42.3 Å². The van der Waals surface area contributed by atoms with E-state index >= 15 is 0 Å². The molecule has 2 N–H and O–H groups in total. The Balaban J connectivity index is 1.78. The number of benzene rings is 1. The molecule has 0 aromatic heterocycles. The van der Waals surface area contributed by atoms with E-state index in [1.807, 2.05) is 11.9 Å². The smallest absolute Gasteiger partial charge is 0.0332 e. The van der Waals surface area contributed by atoms with Gasteiger partial charge in [-0.15, -0.1) is 0 Å². The highest BCUT2D eigenvalue weighted by Crippen LogP contribution is 2.21. The van der Waals surface area contributed by atoms with E-state index in [0.29, 0.717) is 6.04 Å². The van der Waals surface area contributed by atoms with Crippen LogP contribution in [0.25, 0.3) is 0 Å². The Morgan fingerprint density at radius 1 is 1.36 bits per heavy atom. The van der Waals surface area contributed by atoms with Crippen molar-refractivity contribution in [1.82, 2.24) is 4.31 Å². The van der Waals surface area contributed by atoms with Gasteiger partial charge in [0.25, 0.3) is 0 Å². The zero-order valence-electron chi connectivity index (χ0n) is 8.23. The molecule has 0 spiro atoms. The molecular formula is C11H16N2S. The average molecular weight is 208 g/mol. The lowest BCUT2D eigenvalue weighted by atomic mass is 10.2. The number of hydrogen-bond donors (Lipinski definition) is 1. The van der Waals surface area contributed by atoms with Crippen molar-refractivity contribution in [3.8, 4) is 0 Å².